The van der Waals surface area contributed by atoms with E-state index in [1.54, 1.807) is 0 Å². The Kier molecular flexibility index (Phi) is 15.0. The number of nitrogens with one attached hydrogen (secondary N) is 1. The van der Waals surface area contributed by atoms with E-state index in [2.05, 4.69) is 34.2 Å². The molecule has 0 spiro atoms. The van der Waals surface area contributed by atoms with E-state index in [4.69, 9.17) is 0 Å². The first-order valence-electron chi connectivity index (χ1n) is 8.63. The van der Waals surface area contributed by atoms with Crippen molar-refractivity contribution >= 4 is 32.4 Å². The Bertz CT molecular complexity index is 553. The summed E-state index contributed by atoms with van der Waals surface area (Å²) in [5.74, 6) is 2.19. The molecule has 1 aliphatic rings. The number of halogens is 1. The Morgan fingerprint density at radius 3 is 2.13 bits per heavy atom. The molecule has 0 aromatic heterocycles. The zero-order chi connectivity index (χ0) is 18.4. The number of phenols is 1. The number of fused-ring (bicyclic) bond motifs is 3. The lowest BCUT2D eigenvalue weighted by molar-refractivity contribution is 0.482. The first kappa shape index (κ1) is 24.0. The van der Waals surface area contributed by atoms with Crippen LogP contribution in [0.1, 0.15) is 52.7 Å². The van der Waals surface area contributed by atoms with E-state index < -0.39 is 0 Å². The third-order valence-electron chi connectivity index (χ3n) is 3.15. The van der Waals surface area contributed by atoms with Gasteiger partial charge in [0.25, 0.3) is 0 Å². The number of rotatable bonds is 0. The van der Waals surface area contributed by atoms with Gasteiger partial charge >= 0.3 is 0 Å². The molecule has 3 heteroatoms. The fourth-order valence-electron chi connectivity index (χ4n) is 2.46. The van der Waals surface area contributed by atoms with Crippen LogP contribution in [0.3, 0.4) is 0 Å². The van der Waals surface area contributed by atoms with Crippen molar-refractivity contribution in [3.05, 3.63) is 35.4 Å². The Hall–Kier alpha value is -1.22. The molecule has 2 N–H and O–H groups in total. The van der Waals surface area contributed by atoms with Crippen LogP contribution in [0.5, 0.6) is 5.75 Å². The highest BCUT2D eigenvalue weighted by Gasteiger charge is 2.16. The molecule has 0 amide bonds. The molecule has 2 nitrogen and oxygen atoms in total. The van der Waals surface area contributed by atoms with Crippen molar-refractivity contribution in [2.24, 2.45) is 0 Å². The van der Waals surface area contributed by atoms with E-state index >= 15 is 0 Å². The van der Waals surface area contributed by atoms with Crippen LogP contribution in [-0.4, -0.2) is 17.5 Å². The van der Waals surface area contributed by atoms with Crippen molar-refractivity contribution < 1.29 is 5.11 Å². The minimum atomic E-state index is 0.377. The standard InChI is InChI=1S/C13H13NO.3C2H6.CH3Br/c1-8-3-2-4-10-12(15)7-11-9(13(8)10)5-6-14-11;4*1-2/h2-4,7,14-15H,5-6H2,1H3;3*1-2H3;1H3. The monoisotopic (exact) mass is 383 g/mol. The molecule has 0 saturated carbocycles. The highest BCUT2D eigenvalue weighted by molar-refractivity contribution is 9.08. The smallest absolute Gasteiger partial charge is 0.125 e. The maximum Gasteiger partial charge on any atom is 0.125 e. The van der Waals surface area contributed by atoms with Crippen LogP contribution in [0.4, 0.5) is 5.69 Å². The molecule has 0 saturated heterocycles. The number of hydrogen-bond donors (Lipinski definition) is 2. The SMILES string of the molecule is CBr.CC.CC.CC.Cc1cccc2c(O)cc3c(c12)CCN3. The number of hydrogen-bond acceptors (Lipinski definition) is 2. The lowest BCUT2D eigenvalue weighted by Gasteiger charge is -2.09. The Morgan fingerprint density at radius 2 is 1.57 bits per heavy atom. The van der Waals surface area contributed by atoms with Crippen molar-refractivity contribution in [3.8, 4) is 5.75 Å². The van der Waals surface area contributed by atoms with E-state index in [0.717, 1.165) is 24.0 Å². The van der Waals surface area contributed by atoms with Crippen LogP contribution in [0, 0.1) is 6.92 Å². The summed E-state index contributed by atoms with van der Waals surface area (Å²) in [6.07, 6.45) is 1.05. The van der Waals surface area contributed by atoms with Crippen molar-refractivity contribution in [3.63, 3.8) is 0 Å². The van der Waals surface area contributed by atoms with Crippen molar-refractivity contribution in [1.29, 1.82) is 0 Å². The maximum atomic E-state index is 9.92. The lowest BCUT2D eigenvalue weighted by Crippen LogP contribution is -1.90. The van der Waals surface area contributed by atoms with Crippen LogP contribution in [0.15, 0.2) is 24.3 Å². The predicted octanol–water partition coefficient (Wildman–Crippen LogP) is 6.91. The Balaban J connectivity index is 0. The molecular weight excluding hydrogens is 350 g/mol. The van der Waals surface area contributed by atoms with Crippen LogP contribution in [-0.2, 0) is 6.42 Å². The van der Waals surface area contributed by atoms with Gasteiger partial charge in [0.15, 0.2) is 0 Å². The van der Waals surface area contributed by atoms with Gasteiger partial charge in [0, 0.05) is 23.7 Å². The summed E-state index contributed by atoms with van der Waals surface area (Å²) >= 11 is 2.94. The molecule has 3 rings (SSSR count). The third-order valence-corrected chi connectivity index (χ3v) is 3.15. The molecule has 0 unspecified atom stereocenters. The van der Waals surface area contributed by atoms with Crippen molar-refractivity contribution in [2.75, 3.05) is 17.7 Å². The highest BCUT2D eigenvalue weighted by Crippen LogP contribution is 2.37. The summed E-state index contributed by atoms with van der Waals surface area (Å²) in [5, 5.41) is 15.4. The van der Waals surface area contributed by atoms with Gasteiger partial charge < -0.3 is 10.4 Å². The Labute approximate surface area is 151 Å². The molecule has 0 fully saturated rings. The molecule has 0 bridgehead atoms. The molecule has 2 aromatic carbocycles. The van der Waals surface area contributed by atoms with Gasteiger partial charge in [-0.05, 0) is 35.7 Å². The number of aryl methyl sites for hydroxylation is 1. The Morgan fingerprint density at radius 1 is 1.00 bits per heavy atom. The van der Waals surface area contributed by atoms with E-state index in [1.165, 1.54) is 16.5 Å². The maximum absolute atomic E-state index is 9.92. The molecule has 0 aliphatic carbocycles. The number of aromatic hydroxyl groups is 1. The van der Waals surface area contributed by atoms with Gasteiger partial charge in [-0.2, -0.15) is 0 Å². The molecule has 0 radical (unpaired) electrons. The zero-order valence-electron chi connectivity index (χ0n) is 16.0. The number of phenolic OH excluding ortho intramolecular Hbond substituents is 1. The lowest BCUT2D eigenvalue weighted by atomic mass is 9.97. The fourth-order valence-corrected chi connectivity index (χ4v) is 2.46. The summed E-state index contributed by atoms with van der Waals surface area (Å²) in [4.78, 5) is 0. The summed E-state index contributed by atoms with van der Waals surface area (Å²) in [5.41, 5.74) is 3.68. The largest absolute Gasteiger partial charge is 0.507 e. The summed E-state index contributed by atoms with van der Waals surface area (Å²) in [6, 6.07) is 7.91. The van der Waals surface area contributed by atoms with E-state index in [1.807, 2.05) is 65.6 Å². The average Bonchev–Trinajstić information content (AvgIpc) is 3.10. The van der Waals surface area contributed by atoms with Gasteiger partial charge in [0.1, 0.15) is 5.75 Å². The van der Waals surface area contributed by atoms with Gasteiger partial charge in [0.05, 0.1) is 0 Å². The third kappa shape index (κ3) is 6.06. The molecule has 2 aromatic rings. The average molecular weight is 384 g/mol. The van der Waals surface area contributed by atoms with Gasteiger partial charge in [0.2, 0.25) is 0 Å². The van der Waals surface area contributed by atoms with Gasteiger partial charge in [-0.1, -0.05) is 75.7 Å². The molecule has 1 heterocycles. The van der Waals surface area contributed by atoms with Gasteiger partial charge in [-0.3, -0.25) is 0 Å². The highest BCUT2D eigenvalue weighted by atomic mass is 79.9. The molecule has 0 atom stereocenters. The topological polar surface area (TPSA) is 32.3 Å². The van der Waals surface area contributed by atoms with Crippen LogP contribution in [0.25, 0.3) is 10.8 Å². The van der Waals surface area contributed by atoms with E-state index in [0.29, 0.717) is 5.75 Å². The quantitative estimate of drug-likeness (QED) is 0.484. The van der Waals surface area contributed by atoms with Crippen molar-refractivity contribution in [1.82, 2.24) is 0 Å². The fraction of sp³-hybridized carbons (Fsp3) is 0.500. The van der Waals surface area contributed by atoms with E-state index in [-0.39, 0.29) is 0 Å². The van der Waals surface area contributed by atoms with Crippen molar-refractivity contribution in [2.45, 2.75) is 54.9 Å². The van der Waals surface area contributed by atoms with Crippen LogP contribution in [0.2, 0.25) is 0 Å². The van der Waals surface area contributed by atoms with Gasteiger partial charge in [-0.15, -0.1) is 0 Å². The summed E-state index contributed by atoms with van der Waals surface area (Å²) in [7, 11) is 0. The van der Waals surface area contributed by atoms with Gasteiger partial charge in [-0.25, -0.2) is 0 Å². The minimum Gasteiger partial charge on any atom is -0.507 e. The second-order valence-electron chi connectivity index (χ2n) is 4.10. The molecule has 132 valence electrons. The first-order chi connectivity index (χ1) is 11.3. The van der Waals surface area contributed by atoms with Crippen LogP contribution < -0.4 is 5.32 Å². The van der Waals surface area contributed by atoms with E-state index in [9.17, 15) is 5.11 Å². The summed E-state index contributed by atoms with van der Waals surface area (Å²) < 4.78 is 0. The normalized spacial score (nSPS) is 10.1. The number of alkyl halides is 1. The minimum absolute atomic E-state index is 0.377. The molecular formula is C20H34BrNO. The predicted molar refractivity (Wildman–Crippen MR) is 111 cm³/mol. The number of anilines is 1. The number of benzene rings is 2. The zero-order valence-corrected chi connectivity index (χ0v) is 17.6. The second kappa shape index (κ2) is 14.4. The molecule has 23 heavy (non-hydrogen) atoms. The first-order valence-corrected chi connectivity index (χ1v) is 10.2. The molecule has 1 aliphatic heterocycles. The second-order valence-corrected chi connectivity index (χ2v) is 4.10. The summed E-state index contributed by atoms with van der Waals surface area (Å²) in [6.45, 7) is 15.1. The van der Waals surface area contributed by atoms with Crippen LogP contribution >= 0.6 is 15.9 Å².